The number of nitrogens with zero attached hydrogens (tertiary/aromatic N) is 2. The van der Waals surface area contributed by atoms with Crippen molar-refractivity contribution < 1.29 is 14.7 Å². The summed E-state index contributed by atoms with van der Waals surface area (Å²) in [5, 5.41) is 16.3. The number of carboxylic acid groups (broad SMARTS) is 1. The smallest absolute Gasteiger partial charge is 0.306 e. The van der Waals surface area contributed by atoms with E-state index in [2.05, 4.69) is 10.4 Å². The minimum Gasteiger partial charge on any atom is -0.481 e. The van der Waals surface area contributed by atoms with E-state index in [1.165, 1.54) is 0 Å². The molecule has 1 saturated carbocycles. The first-order valence-corrected chi connectivity index (χ1v) is 8.08. The Morgan fingerprint density at radius 1 is 1.25 bits per heavy atom. The molecule has 1 fully saturated rings. The van der Waals surface area contributed by atoms with Crippen LogP contribution >= 0.6 is 0 Å². The molecule has 24 heavy (non-hydrogen) atoms. The van der Waals surface area contributed by atoms with Crippen LogP contribution in [0.5, 0.6) is 0 Å². The maximum atomic E-state index is 12.2. The molecule has 0 atom stereocenters. The predicted octanol–water partition coefficient (Wildman–Crippen LogP) is 2.01. The highest BCUT2D eigenvalue weighted by atomic mass is 16.4. The predicted molar refractivity (Wildman–Crippen MR) is 89.0 cm³/mol. The average molecular weight is 327 g/mol. The third kappa shape index (κ3) is 3.18. The van der Waals surface area contributed by atoms with Crippen molar-refractivity contribution in [1.82, 2.24) is 15.1 Å². The van der Waals surface area contributed by atoms with Gasteiger partial charge in [0, 0.05) is 17.3 Å². The maximum Gasteiger partial charge on any atom is 0.306 e. The molecule has 6 heteroatoms. The second kappa shape index (κ2) is 6.47. The fourth-order valence-corrected chi connectivity index (χ4v) is 3.13. The standard InChI is InChI=1S/C18H21N3O3/c1-11-16(10-17(22)19-14-8-13(9-14)18(23)24)12(2)21(20-11)15-6-4-3-5-7-15/h3-7,13-14H,8-10H2,1-2H3,(H,19,22)(H,23,24). The van der Waals surface area contributed by atoms with E-state index in [1.54, 1.807) is 0 Å². The van der Waals surface area contributed by atoms with E-state index in [-0.39, 0.29) is 24.3 Å². The molecule has 0 radical (unpaired) electrons. The summed E-state index contributed by atoms with van der Waals surface area (Å²) in [5.41, 5.74) is 3.67. The normalized spacial score (nSPS) is 19.6. The van der Waals surface area contributed by atoms with Crippen molar-refractivity contribution in [1.29, 1.82) is 0 Å². The number of carboxylic acids is 1. The third-order valence-electron chi connectivity index (χ3n) is 4.63. The highest BCUT2D eigenvalue weighted by molar-refractivity contribution is 5.80. The maximum absolute atomic E-state index is 12.2. The summed E-state index contributed by atoms with van der Waals surface area (Å²) in [4.78, 5) is 23.1. The number of hydrogen-bond donors (Lipinski definition) is 2. The molecule has 1 aliphatic rings. The van der Waals surface area contributed by atoms with Gasteiger partial charge in [0.1, 0.15) is 0 Å². The Labute approximate surface area is 140 Å². The van der Waals surface area contributed by atoms with Gasteiger partial charge in [0.05, 0.1) is 23.7 Å². The van der Waals surface area contributed by atoms with Gasteiger partial charge in [0.2, 0.25) is 5.91 Å². The summed E-state index contributed by atoms with van der Waals surface area (Å²) < 4.78 is 1.85. The summed E-state index contributed by atoms with van der Waals surface area (Å²) in [7, 11) is 0. The first-order valence-electron chi connectivity index (χ1n) is 8.08. The van der Waals surface area contributed by atoms with Crippen LogP contribution in [0.1, 0.15) is 29.8 Å². The van der Waals surface area contributed by atoms with Crippen LogP contribution in [0, 0.1) is 19.8 Å². The molecule has 0 bridgehead atoms. The van der Waals surface area contributed by atoms with E-state index < -0.39 is 5.97 Å². The van der Waals surface area contributed by atoms with Crippen LogP contribution in [-0.4, -0.2) is 32.8 Å². The number of aromatic nitrogens is 2. The molecule has 1 heterocycles. The van der Waals surface area contributed by atoms with Crippen molar-refractivity contribution in [2.45, 2.75) is 39.2 Å². The number of aliphatic carboxylic acids is 1. The number of carbonyl (C=O) groups excluding carboxylic acids is 1. The number of amides is 1. The molecule has 0 spiro atoms. The molecule has 3 rings (SSSR count). The number of hydrogen-bond acceptors (Lipinski definition) is 3. The minimum atomic E-state index is -0.781. The van der Waals surface area contributed by atoms with Crippen molar-refractivity contribution in [3.63, 3.8) is 0 Å². The summed E-state index contributed by atoms with van der Waals surface area (Å²) in [6.45, 7) is 3.86. The Morgan fingerprint density at radius 3 is 2.54 bits per heavy atom. The molecule has 0 unspecified atom stereocenters. The number of benzene rings is 1. The highest BCUT2D eigenvalue weighted by Crippen LogP contribution is 2.27. The molecule has 0 saturated heterocycles. The fourth-order valence-electron chi connectivity index (χ4n) is 3.13. The summed E-state index contributed by atoms with van der Waals surface area (Å²) in [6, 6.07) is 9.78. The minimum absolute atomic E-state index is 0.0246. The van der Waals surface area contributed by atoms with Gasteiger partial charge in [-0.15, -0.1) is 0 Å². The quantitative estimate of drug-likeness (QED) is 0.880. The molecular formula is C18H21N3O3. The van der Waals surface area contributed by atoms with E-state index in [0.717, 1.165) is 22.6 Å². The lowest BCUT2D eigenvalue weighted by Crippen LogP contribution is -2.47. The van der Waals surface area contributed by atoms with E-state index in [4.69, 9.17) is 5.11 Å². The molecule has 2 aromatic rings. The number of rotatable bonds is 5. The van der Waals surface area contributed by atoms with Crippen molar-refractivity contribution >= 4 is 11.9 Å². The Bertz CT molecular complexity index is 761. The third-order valence-corrected chi connectivity index (χ3v) is 4.63. The molecule has 126 valence electrons. The number of nitrogens with one attached hydrogen (secondary N) is 1. The van der Waals surface area contributed by atoms with Crippen molar-refractivity contribution in [2.75, 3.05) is 0 Å². The zero-order chi connectivity index (χ0) is 17.3. The molecule has 2 N–H and O–H groups in total. The lowest BCUT2D eigenvalue weighted by molar-refractivity contribution is -0.146. The topological polar surface area (TPSA) is 84.2 Å². The van der Waals surface area contributed by atoms with Gasteiger partial charge < -0.3 is 10.4 Å². The van der Waals surface area contributed by atoms with Crippen LogP contribution in [0.4, 0.5) is 0 Å². The monoisotopic (exact) mass is 327 g/mol. The van der Waals surface area contributed by atoms with Gasteiger partial charge in [-0.05, 0) is 38.8 Å². The van der Waals surface area contributed by atoms with Gasteiger partial charge in [-0.1, -0.05) is 18.2 Å². The van der Waals surface area contributed by atoms with Crippen LogP contribution in [0.2, 0.25) is 0 Å². The van der Waals surface area contributed by atoms with Crippen molar-refractivity contribution in [3.8, 4) is 5.69 Å². The first-order chi connectivity index (χ1) is 11.5. The van der Waals surface area contributed by atoms with Crippen LogP contribution in [0.15, 0.2) is 30.3 Å². The molecule has 1 aliphatic carbocycles. The number of para-hydroxylation sites is 1. The largest absolute Gasteiger partial charge is 0.481 e. The lowest BCUT2D eigenvalue weighted by atomic mass is 9.80. The lowest BCUT2D eigenvalue weighted by Gasteiger charge is -2.32. The second-order valence-corrected chi connectivity index (χ2v) is 6.34. The Kier molecular flexibility index (Phi) is 4.38. The van der Waals surface area contributed by atoms with Gasteiger partial charge in [-0.3, -0.25) is 9.59 Å². The van der Waals surface area contributed by atoms with Crippen LogP contribution in [0.3, 0.4) is 0 Å². The first kappa shape index (κ1) is 16.2. The summed E-state index contributed by atoms with van der Waals surface area (Å²) in [6.07, 6.45) is 1.30. The average Bonchev–Trinajstić information content (AvgIpc) is 2.79. The second-order valence-electron chi connectivity index (χ2n) is 6.34. The van der Waals surface area contributed by atoms with Gasteiger partial charge >= 0.3 is 5.97 Å². The Morgan fingerprint density at radius 2 is 1.92 bits per heavy atom. The Hall–Kier alpha value is -2.63. The zero-order valence-corrected chi connectivity index (χ0v) is 13.8. The summed E-state index contributed by atoms with van der Waals surface area (Å²) >= 11 is 0. The molecule has 0 aliphatic heterocycles. The SMILES string of the molecule is Cc1nn(-c2ccccc2)c(C)c1CC(=O)NC1CC(C(=O)O)C1. The molecule has 6 nitrogen and oxygen atoms in total. The van der Waals surface area contributed by atoms with E-state index >= 15 is 0 Å². The number of aryl methyl sites for hydroxylation is 1. The molecule has 1 aromatic heterocycles. The van der Waals surface area contributed by atoms with Crippen LogP contribution in [0.25, 0.3) is 5.69 Å². The molecular weight excluding hydrogens is 306 g/mol. The zero-order valence-electron chi connectivity index (χ0n) is 13.8. The van der Waals surface area contributed by atoms with Crippen molar-refractivity contribution in [3.05, 3.63) is 47.3 Å². The van der Waals surface area contributed by atoms with E-state index in [1.807, 2.05) is 48.9 Å². The molecule has 1 aromatic carbocycles. The van der Waals surface area contributed by atoms with Crippen LogP contribution < -0.4 is 5.32 Å². The van der Waals surface area contributed by atoms with Gasteiger partial charge in [0.25, 0.3) is 0 Å². The van der Waals surface area contributed by atoms with E-state index in [9.17, 15) is 9.59 Å². The van der Waals surface area contributed by atoms with Crippen LogP contribution in [-0.2, 0) is 16.0 Å². The fraction of sp³-hybridized carbons (Fsp3) is 0.389. The van der Waals surface area contributed by atoms with Gasteiger partial charge in [0.15, 0.2) is 0 Å². The number of carbonyl (C=O) groups is 2. The highest BCUT2D eigenvalue weighted by Gasteiger charge is 2.35. The van der Waals surface area contributed by atoms with Crippen molar-refractivity contribution in [2.24, 2.45) is 5.92 Å². The molecule has 1 amide bonds. The van der Waals surface area contributed by atoms with Gasteiger partial charge in [-0.25, -0.2) is 4.68 Å². The van der Waals surface area contributed by atoms with Gasteiger partial charge in [-0.2, -0.15) is 5.10 Å². The van der Waals surface area contributed by atoms with E-state index in [0.29, 0.717) is 12.8 Å². The Balaban J connectivity index is 1.66. The summed E-state index contributed by atoms with van der Waals surface area (Å²) in [5.74, 6) is -1.18.